The molecule has 3 aromatic carbocycles. The number of carbonyl (C=O) groups is 1. The van der Waals surface area contributed by atoms with Crippen molar-refractivity contribution in [3.8, 4) is 5.69 Å². The number of hydrogen-bond acceptors (Lipinski definition) is 3. The summed E-state index contributed by atoms with van der Waals surface area (Å²) in [4.78, 5) is 25.8. The van der Waals surface area contributed by atoms with Crippen molar-refractivity contribution in [2.45, 2.75) is 12.7 Å². The summed E-state index contributed by atoms with van der Waals surface area (Å²) >= 11 is 0. The van der Waals surface area contributed by atoms with Crippen molar-refractivity contribution in [3.63, 3.8) is 0 Å². The number of hydrogen-bond donors (Lipinski definition) is 1. The molecule has 1 aromatic heterocycles. The molecule has 1 amide bonds. The van der Waals surface area contributed by atoms with E-state index in [-0.39, 0.29) is 17.8 Å². The van der Waals surface area contributed by atoms with Gasteiger partial charge in [0, 0.05) is 11.9 Å². The Labute approximate surface area is 174 Å². The van der Waals surface area contributed by atoms with Crippen molar-refractivity contribution in [3.05, 3.63) is 106 Å². The molecule has 0 unspecified atom stereocenters. The van der Waals surface area contributed by atoms with Gasteiger partial charge in [0.25, 0.3) is 11.5 Å². The van der Waals surface area contributed by atoms with Gasteiger partial charge in [-0.2, -0.15) is 23.0 Å². The first-order valence-electron chi connectivity index (χ1n) is 9.36. The number of amides is 1. The zero-order valence-electron chi connectivity index (χ0n) is 16.1. The Hall–Kier alpha value is -3.94. The lowest BCUT2D eigenvalue weighted by molar-refractivity contribution is -0.137. The minimum Gasteiger partial charge on any atom is -0.347 e. The number of alkyl halides is 3. The molecule has 0 aliphatic carbocycles. The molecular weight excluding hydrogens is 407 g/mol. The first-order chi connectivity index (χ1) is 14.8. The molecule has 0 radical (unpaired) electrons. The largest absolute Gasteiger partial charge is 0.416 e. The van der Waals surface area contributed by atoms with E-state index in [0.29, 0.717) is 22.0 Å². The van der Waals surface area contributed by atoms with E-state index in [2.05, 4.69) is 10.4 Å². The molecule has 0 bridgehead atoms. The van der Waals surface area contributed by atoms with Crippen molar-refractivity contribution in [2.24, 2.45) is 0 Å². The SMILES string of the molecule is O=C(NCc1cccc(C(F)(F)F)c1)c1nn(-c2ccccc2)c(=O)c2ccccc12. The summed E-state index contributed by atoms with van der Waals surface area (Å²) in [7, 11) is 0. The molecule has 8 heteroatoms. The highest BCUT2D eigenvalue weighted by Crippen LogP contribution is 2.29. The average molecular weight is 423 g/mol. The van der Waals surface area contributed by atoms with Gasteiger partial charge in [0.15, 0.2) is 5.69 Å². The number of nitrogens with one attached hydrogen (secondary N) is 1. The van der Waals surface area contributed by atoms with Gasteiger partial charge in [0.05, 0.1) is 16.6 Å². The van der Waals surface area contributed by atoms with E-state index >= 15 is 0 Å². The lowest BCUT2D eigenvalue weighted by Gasteiger charge is -2.12. The predicted octanol–water partition coefficient (Wildman–Crippen LogP) is 4.33. The molecule has 5 nitrogen and oxygen atoms in total. The second kappa shape index (κ2) is 8.06. The lowest BCUT2D eigenvalue weighted by Crippen LogP contribution is -2.29. The van der Waals surface area contributed by atoms with Crippen LogP contribution in [0.15, 0.2) is 83.7 Å². The molecule has 0 fully saturated rings. The number of rotatable bonds is 4. The molecule has 31 heavy (non-hydrogen) atoms. The first-order valence-corrected chi connectivity index (χ1v) is 9.36. The molecule has 156 valence electrons. The van der Waals surface area contributed by atoms with Gasteiger partial charge < -0.3 is 5.32 Å². The van der Waals surface area contributed by atoms with Crippen LogP contribution in [0.25, 0.3) is 16.5 Å². The molecule has 1 heterocycles. The molecule has 4 rings (SSSR count). The number of aromatic nitrogens is 2. The van der Waals surface area contributed by atoms with Gasteiger partial charge in [-0.15, -0.1) is 0 Å². The molecule has 0 aliphatic heterocycles. The zero-order valence-corrected chi connectivity index (χ0v) is 16.1. The zero-order chi connectivity index (χ0) is 22.0. The van der Waals surface area contributed by atoms with Crippen LogP contribution in [0.2, 0.25) is 0 Å². The van der Waals surface area contributed by atoms with Crippen LogP contribution in [-0.4, -0.2) is 15.7 Å². The predicted molar refractivity (Wildman–Crippen MR) is 110 cm³/mol. The fraction of sp³-hybridized carbons (Fsp3) is 0.0870. The third-order valence-corrected chi connectivity index (χ3v) is 4.73. The number of nitrogens with zero attached hydrogens (tertiary/aromatic N) is 2. The fourth-order valence-corrected chi connectivity index (χ4v) is 3.23. The highest BCUT2D eigenvalue weighted by molar-refractivity contribution is 6.04. The molecule has 4 aromatic rings. The van der Waals surface area contributed by atoms with Crippen molar-refractivity contribution in [1.29, 1.82) is 0 Å². The van der Waals surface area contributed by atoms with E-state index in [1.807, 2.05) is 0 Å². The Bertz CT molecular complexity index is 1320. The summed E-state index contributed by atoms with van der Waals surface area (Å²) in [6, 6.07) is 20.0. The van der Waals surface area contributed by atoms with Crippen molar-refractivity contribution in [1.82, 2.24) is 15.1 Å². The lowest BCUT2D eigenvalue weighted by atomic mass is 10.1. The van der Waals surface area contributed by atoms with Crippen LogP contribution in [0.3, 0.4) is 0 Å². The number of halogens is 3. The second-order valence-electron chi connectivity index (χ2n) is 6.83. The minimum absolute atomic E-state index is 0.00558. The molecule has 0 atom stereocenters. The Kier molecular flexibility index (Phi) is 5.29. The summed E-state index contributed by atoms with van der Waals surface area (Å²) in [6.45, 7) is -0.122. The summed E-state index contributed by atoms with van der Waals surface area (Å²) < 4.78 is 39.9. The van der Waals surface area contributed by atoms with E-state index in [4.69, 9.17) is 0 Å². The van der Waals surface area contributed by atoms with Gasteiger partial charge >= 0.3 is 6.18 Å². The molecule has 0 saturated carbocycles. The third-order valence-electron chi connectivity index (χ3n) is 4.73. The van der Waals surface area contributed by atoms with Gasteiger partial charge in [0.2, 0.25) is 0 Å². The third kappa shape index (κ3) is 4.18. The van der Waals surface area contributed by atoms with E-state index in [0.717, 1.165) is 16.8 Å². The second-order valence-corrected chi connectivity index (χ2v) is 6.83. The summed E-state index contributed by atoms with van der Waals surface area (Å²) in [6.07, 6.45) is -4.47. The van der Waals surface area contributed by atoms with E-state index in [1.165, 1.54) is 12.1 Å². The maximum atomic E-state index is 12.9. The van der Waals surface area contributed by atoms with Gasteiger partial charge in [0.1, 0.15) is 0 Å². The molecular formula is C23H16F3N3O2. The van der Waals surface area contributed by atoms with E-state index < -0.39 is 17.6 Å². The number of fused-ring (bicyclic) bond motifs is 1. The monoisotopic (exact) mass is 423 g/mol. The van der Waals surface area contributed by atoms with Crippen LogP contribution >= 0.6 is 0 Å². The molecule has 0 saturated heterocycles. The fourth-order valence-electron chi connectivity index (χ4n) is 3.23. The van der Waals surface area contributed by atoms with Crippen molar-refractivity contribution >= 4 is 16.7 Å². The van der Waals surface area contributed by atoms with Gasteiger partial charge in [-0.05, 0) is 35.9 Å². The van der Waals surface area contributed by atoms with Gasteiger partial charge in [-0.3, -0.25) is 9.59 Å². The van der Waals surface area contributed by atoms with Crippen molar-refractivity contribution < 1.29 is 18.0 Å². The van der Waals surface area contributed by atoms with Crippen LogP contribution in [0, 0.1) is 0 Å². The van der Waals surface area contributed by atoms with Gasteiger partial charge in [-0.1, -0.05) is 48.5 Å². The Morgan fingerprint density at radius 1 is 0.903 bits per heavy atom. The Morgan fingerprint density at radius 3 is 2.29 bits per heavy atom. The quantitative estimate of drug-likeness (QED) is 0.531. The topological polar surface area (TPSA) is 64.0 Å². The van der Waals surface area contributed by atoms with E-state index in [9.17, 15) is 22.8 Å². The average Bonchev–Trinajstić information content (AvgIpc) is 2.78. The Morgan fingerprint density at radius 2 is 1.58 bits per heavy atom. The standard InChI is InChI=1S/C23H16F3N3O2/c24-23(25,26)16-8-6-7-15(13-16)14-27-21(30)20-18-11-4-5-12-19(18)22(31)29(28-20)17-9-2-1-3-10-17/h1-13H,14H2,(H,27,30). The Balaban J connectivity index is 1.70. The van der Waals surface area contributed by atoms with Gasteiger partial charge in [-0.25, -0.2) is 0 Å². The molecule has 1 N–H and O–H groups in total. The highest BCUT2D eigenvalue weighted by Gasteiger charge is 2.30. The van der Waals surface area contributed by atoms with Crippen LogP contribution in [0.4, 0.5) is 13.2 Å². The molecule has 0 aliphatic rings. The van der Waals surface area contributed by atoms with Crippen LogP contribution < -0.4 is 10.9 Å². The highest BCUT2D eigenvalue weighted by atomic mass is 19.4. The first kappa shape index (κ1) is 20.3. The molecule has 0 spiro atoms. The van der Waals surface area contributed by atoms with E-state index in [1.54, 1.807) is 54.6 Å². The maximum absolute atomic E-state index is 12.9. The summed E-state index contributed by atoms with van der Waals surface area (Å²) in [5.41, 5.74) is -0.378. The van der Waals surface area contributed by atoms with Crippen LogP contribution in [0.5, 0.6) is 0 Å². The van der Waals surface area contributed by atoms with Crippen LogP contribution in [0.1, 0.15) is 21.6 Å². The normalized spacial score (nSPS) is 11.5. The van der Waals surface area contributed by atoms with Crippen LogP contribution in [-0.2, 0) is 12.7 Å². The maximum Gasteiger partial charge on any atom is 0.416 e. The van der Waals surface area contributed by atoms with Crippen molar-refractivity contribution in [2.75, 3.05) is 0 Å². The summed E-state index contributed by atoms with van der Waals surface area (Å²) in [5, 5.41) is 7.52. The number of carbonyl (C=O) groups excluding carboxylic acids is 1. The minimum atomic E-state index is -4.47. The number of para-hydroxylation sites is 1. The summed E-state index contributed by atoms with van der Waals surface area (Å²) in [5.74, 6) is -0.599. The number of benzene rings is 3. The smallest absolute Gasteiger partial charge is 0.347 e.